The molecule has 0 fully saturated rings. The van der Waals surface area contributed by atoms with Gasteiger partial charge in [-0.25, -0.2) is 14.4 Å². The molecule has 2 aromatic carbocycles. The second-order valence-electron chi connectivity index (χ2n) is 7.51. The number of halogens is 1. The van der Waals surface area contributed by atoms with Crippen LogP contribution in [-0.4, -0.2) is 40.3 Å². The highest BCUT2D eigenvalue weighted by Gasteiger charge is 2.20. The summed E-state index contributed by atoms with van der Waals surface area (Å²) in [4.78, 5) is 35.7. The van der Waals surface area contributed by atoms with Crippen LogP contribution in [0.3, 0.4) is 0 Å². The Morgan fingerprint density at radius 1 is 1.03 bits per heavy atom. The maximum absolute atomic E-state index is 13.9. The molecule has 0 atom stereocenters. The molecule has 0 saturated heterocycles. The molecule has 0 aliphatic carbocycles. The zero-order chi connectivity index (χ0) is 22.7. The van der Waals surface area contributed by atoms with Crippen LogP contribution in [0.5, 0.6) is 0 Å². The van der Waals surface area contributed by atoms with E-state index in [1.165, 1.54) is 23.1 Å². The van der Waals surface area contributed by atoms with Gasteiger partial charge in [-0.2, -0.15) is 0 Å². The Hall–Kier alpha value is -4.13. The van der Waals surface area contributed by atoms with Gasteiger partial charge in [0.2, 0.25) is 5.91 Å². The van der Waals surface area contributed by atoms with E-state index in [0.29, 0.717) is 28.0 Å². The first-order chi connectivity index (χ1) is 15.4. The third-order valence-electron chi connectivity index (χ3n) is 4.98. The van der Waals surface area contributed by atoms with E-state index in [1.807, 2.05) is 43.3 Å². The fraction of sp³-hybridized carbons (Fsp3) is 0.120. The van der Waals surface area contributed by atoms with Crippen molar-refractivity contribution in [1.82, 2.24) is 14.9 Å². The minimum atomic E-state index is -0.438. The lowest BCUT2D eigenvalue weighted by Crippen LogP contribution is -2.35. The second kappa shape index (κ2) is 8.93. The molecule has 1 N–H and O–H groups in total. The Morgan fingerprint density at radius 3 is 2.53 bits per heavy atom. The number of nitrogens with zero attached hydrogens (tertiary/aromatic N) is 3. The van der Waals surface area contributed by atoms with Crippen LogP contribution in [0.15, 0.2) is 72.9 Å². The van der Waals surface area contributed by atoms with Crippen molar-refractivity contribution < 1.29 is 14.0 Å². The van der Waals surface area contributed by atoms with Crippen molar-refractivity contribution in [2.75, 3.05) is 18.9 Å². The fourth-order valence-corrected chi connectivity index (χ4v) is 3.35. The average molecular weight is 428 g/mol. The van der Waals surface area contributed by atoms with Crippen LogP contribution >= 0.6 is 0 Å². The second-order valence-corrected chi connectivity index (χ2v) is 7.51. The molecule has 0 unspecified atom stereocenters. The number of rotatable bonds is 5. The molecule has 0 saturated carbocycles. The first-order valence-electron chi connectivity index (χ1n) is 10.0. The molecule has 2 heterocycles. The molecule has 4 aromatic rings. The summed E-state index contributed by atoms with van der Waals surface area (Å²) in [7, 11) is 1.54. The highest BCUT2D eigenvalue weighted by Crippen LogP contribution is 2.26. The Bertz CT molecular complexity index is 1290. The molecule has 7 heteroatoms. The maximum atomic E-state index is 13.9. The van der Waals surface area contributed by atoms with Crippen molar-refractivity contribution in [1.29, 1.82) is 0 Å². The van der Waals surface area contributed by atoms with Crippen LogP contribution in [-0.2, 0) is 4.79 Å². The van der Waals surface area contributed by atoms with Crippen LogP contribution in [0.25, 0.3) is 22.2 Å². The quantitative estimate of drug-likeness (QED) is 0.509. The number of hydrogen-bond donors (Lipinski definition) is 1. The molecule has 0 spiro atoms. The minimum Gasteiger partial charge on any atom is -0.332 e. The Kier molecular flexibility index (Phi) is 5.89. The SMILES string of the molecule is Cc1ccc(NC(=O)CN(C)C(=O)c2cc(-c3ccccc3)nc3cc(F)ccc23)nc1. The van der Waals surface area contributed by atoms with E-state index in [0.717, 1.165) is 11.1 Å². The molecule has 2 amide bonds. The fourth-order valence-electron chi connectivity index (χ4n) is 3.35. The Morgan fingerprint density at radius 2 is 1.81 bits per heavy atom. The van der Waals surface area contributed by atoms with Gasteiger partial charge in [0, 0.05) is 30.3 Å². The smallest absolute Gasteiger partial charge is 0.254 e. The largest absolute Gasteiger partial charge is 0.332 e. The number of likely N-dealkylation sites (N-methyl/N-ethyl adjacent to an activating group) is 1. The number of fused-ring (bicyclic) bond motifs is 1. The van der Waals surface area contributed by atoms with E-state index in [4.69, 9.17) is 0 Å². The van der Waals surface area contributed by atoms with Crippen LogP contribution in [0.1, 0.15) is 15.9 Å². The summed E-state index contributed by atoms with van der Waals surface area (Å²) in [6.45, 7) is 1.74. The lowest BCUT2D eigenvalue weighted by molar-refractivity contribution is -0.116. The van der Waals surface area contributed by atoms with Gasteiger partial charge in [0.05, 0.1) is 23.3 Å². The van der Waals surface area contributed by atoms with Gasteiger partial charge < -0.3 is 10.2 Å². The third kappa shape index (κ3) is 4.62. The first kappa shape index (κ1) is 21.1. The van der Waals surface area contributed by atoms with Gasteiger partial charge in [0.1, 0.15) is 11.6 Å². The topological polar surface area (TPSA) is 75.2 Å². The number of aromatic nitrogens is 2. The zero-order valence-electron chi connectivity index (χ0n) is 17.7. The van der Waals surface area contributed by atoms with Crippen LogP contribution in [0.4, 0.5) is 10.2 Å². The molecule has 0 bridgehead atoms. The molecule has 0 radical (unpaired) electrons. The van der Waals surface area contributed by atoms with E-state index >= 15 is 0 Å². The van der Waals surface area contributed by atoms with Gasteiger partial charge in [0.15, 0.2) is 0 Å². The summed E-state index contributed by atoms with van der Waals surface area (Å²) < 4.78 is 13.9. The number of hydrogen-bond acceptors (Lipinski definition) is 4. The number of amides is 2. The van der Waals surface area contributed by atoms with Crippen molar-refractivity contribution in [2.24, 2.45) is 0 Å². The van der Waals surface area contributed by atoms with Gasteiger partial charge in [-0.05, 0) is 36.8 Å². The summed E-state index contributed by atoms with van der Waals surface area (Å²) in [5.74, 6) is -0.761. The lowest BCUT2D eigenvalue weighted by atomic mass is 10.0. The predicted octanol–water partition coefficient (Wildman–Crippen LogP) is 4.46. The van der Waals surface area contributed by atoms with Gasteiger partial charge >= 0.3 is 0 Å². The number of benzene rings is 2. The van der Waals surface area contributed by atoms with E-state index in [2.05, 4.69) is 15.3 Å². The number of anilines is 1. The molecule has 4 rings (SSSR count). The third-order valence-corrected chi connectivity index (χ3v) is 4.98. The minimum absolute atomic E-state index is 0.167. The molecular weight excluding hydrogens is 407 g/mol. The van der Waals surface area contributed by atoms with Crippen molar-refractivity contribution in [3.63, 3.8) is 0 Å². The highest BCUT2D eigenvalue weighted by molar-refractivity contribution is 6.08. The maximum Gasteiger partial charge on any atom is 0.254 e. The summed E-state index contributed by atoms with van der Waals surface area (Å²) in [6.07, 6.45) is 1.65. The van der Waals surface area contributed by atoms with Crippen molar-refractivity contribution in [3.8, 4) is 11.3 Å². The van der Waals surface area contributed by atoms with Crippen molar-refractivity contribution >= 4 is 28.5 Å². The normalized spacial score (nSPS) is 10.7. The molecule has 6 nitrogen and oxygen atoms in total. The summed E-state index contributed by atoms with van der Waals surface area (Å²) >= 11 is 0. The number of aryl methyl sites for hydroxylation is 1. The number of carbonyl (C=O) groups excluding carboxylic acids is 2. The molecule has 32 heavy (non-hydrogen) atoms. The van der Waals surface area contributed by atoms with Gasteiger partial charge in [-0.3, -0.25) is 9.59 Å². The van der Waals surface area contributed by atoms with Crippen LogP contribution in [0, 0.1) is 12.7 Å². The van der Waals surface area contributed by atoms with Gasteiger partial charge in [0.25, 0.3) is 5.91 Å². The Balaban J connectivity index is 1.63. The molecular formula is C25H21FN4O2. The van der Waals surface area contributed by atoms with Gasteiger partial charge in [-0.1, -0.05) is 36.4 Å². The highest BCUT2D eigenvalue weighted by atomic mass is 19.1. The lowest BCUT2D eigenvalue weighted by Gasteiger charge is -2.18. The number of nitrogens with one attached hydrogen (secondary N) is 1. The molecule has 0 aliphatic rings. The van der Waals surface area contributed by atoms with E-state index in [9.17, 15) is 14.0 Å². The summed E-state index contributed by atoms with van der Waals surface area (Å²) in [5, 5.41) is 3.20. The zero-order valence-corrected chi connectivity index (χ0v) is 17.7. The average Bonchev–Trinajstić information content (AvgIpc) is 2.79. The first-order valence-corrected chi connectivity index (χ1v) is 10.0. The van der Waals surface area contributed by atoms with Gasteiger partial charge in [-0.15, -0.1) is 0 Å². The number of pyridine rings is 2. The summed E-state index contributed by atoms with van der Waals surface area (Å²) in [6, 6.07) is 18.7. The van der Waals surface area contributed by atoms with E-state index in [1.54, 1.807) is 25.4 Å². The van der Waals surface area contributed by atoms with Crippen molar-refractivity contribution in [3.05, 3.63) is 89.9 Å². The standard InChI is InChI=1S/C25H21FN4O2/c1-16-8-11-23(27-14-16)29-24(31)15-30(2)25(32)20-13-21(17-6-4-3-5-7-17)28-22-12-18(26)9-10-19(20)22/h3-14H,15H2,1-2H3,(H,27,29,31). The number of carbonyl (C=O) groups is 2. The van der Waals surface area contributed by atoms with Crippen molar-refractivity contribution in [2.45, 2.75) is 6.92 Å². The summed E-state index contributed by atoms with van der Waals surface area (Å²) in [5.41, 5.74) is 3.05. The van der Waals surface area contributed by atoms with Crippen LogP contribution in [0.2, 0.25) is 0 Å². The van der Waals surface area contributed by atoms with E-state index < -0.39 is 5.82 Å². The van der Waals surface area contributed by atoms with E-state index in [-0.39, 0.29) is 18.4 Å². The molecule has 2 aromatic heterocycles. The molecule has 0 aliphatic heterocycles. The predicted molar refractivity (Wildman–Crippen MR) is 122 cm³/mol. The monoisotopic (exact) mass is 428 g/mol. The van der Waals surface area contributed by atoms with Crippen LogP contribution < -0.4 is 5.32 Å². The Labute approximate surface area is 184 Å². The molecule has 160 valence electrons.